The lowest BCUT2D eigenvalue weighted by Gasteiger charge is -2.52. The van der Waals surface area contributed by atoms with E-state index >= 15 is 0 Å². The highest BCUT2D eigenvalue weighted by molar-refractivity contribution is 7.92. The first-order chi connectivity index (χ1) is 17.0. The van der Waals surface area contributed by atoms with Crippen LogP contribution in [-0.2, 0) is 10.0 Å². The molecule has 1 unspecified atom stereocenters. The lowest BCUT2D eigenvalue weighted by Crippen LogP contribution is -2.63. The van der Waals surface area contributed by atoms with E-state index in [0.717, 1.165) is 48.0 Å². The zero-order valence-corrected chi connectivity index (χ0v) is 22.3. The molecule has 4 rings (SSSR count). The van der Waals surface area contributed by atoms with E-state index in [0.29, 0.717) is 17.0 Å². The second kappa shape index (κ2) is 9.56. The molecule has 0 amide bonds. The summed E-state index contributed by atoms with van der Waals surface area (Å²) in [6.45, 7) is 9.23. The second-order valence-corrected chi connectivity index (χ2v) is 11.7. The molecule has 190 valence electrons. The zero-order valence-electron chi connectivity index (χ0n) is 21.5. The van der Waals surface area contributed by atoms with Crippen molar-refractivity contribution < 1.29 is 13.2 Å². The molecule has 1 aromatic carbocycles. The monoisotopic (exact) mass is 508 g/mol. The summed E-state index contributed by atoms with van der Waals surface area (Å²) in [5, 5.41) is 10.9. The number of benzene rings is 1. The molecule has 10 heteroatoms. The van der Waals surface area contributed by atoms with E-state index in [2.05, 4.69) is 58.4 Å². The number of aromatic nitrogens is 2. The van der Waals surface area contributed by atoms with Crippen molar-refractivity contribution in [1.29, 1.82) is 5.26 Å². The summed E-state index contributed by atoms with van der Waals surface area (Å²) in [5.74, 6) is 0.526. The predicted molar refractivity (Wildman–Crippen MR) is 143 cm³/mol. The molecule has 0 saturated carbocycles. The minimum Gasteiger partial charge on any atom is -0.480 e. The Labute approximate surface area is 212 Å². The van der Waals surface area contributed by atoms with Crippen LogP contribution in [0.1, 0.15) is 26.3 Å². The predicted octanol–water partition coefficient (Wildman–Crippen LogP) is 3.72. The largest absolute Gasteiger partial charge is 0.480 e. The SMILES string of the molecule is COc1ncc(-c2ccc3ncc(C#N)c(N4CCN(C)CC4(C)C(C)C)c3c2)cc1NS(C)(=O)=O. The zero-order chi connectivity index (χ0) is 26.3. The van der Waals surface area contributed by atoms with Crippen molar-refractivity contribution in [3.8, 4) is 23.1 Å². The van der Waals surface area contributed by atoms with Crippen molar-refractivity contribution in [3.63, 3.8) is 0 Å². The van der Waals surface area contributed by atoms with Crippen molar-refractivity contribution in [2.75, 3.05) is 49.7 Å². The van der Waals surface area contributed by atoms with E-state index in [4.69, 9.17) is 4.74 Å². The van der Waals surface area contributed by atoms with Gasteiger partial charge < -0.3 is 14.5 Å². The summed E-state index contributed by atoms with van der Waals surface area (Å²) < 4.78 is 31.5. The average Bonchev–Trinajstić information content (AvgIpc) is 2.82. The van der Waals surface area contributed by atoms with E-state index in [9.17, 15) is 13.7 Å². The first-order valence-corrected chi connectivity index (χ1v) is 13.7. The number of nitrogens with zero attached hydrogens (tertiary/aromatic N) is 5. The van der Waals surface area contributed by atoms with Crippen molar-refractivity contribution >= 4 is 32.3 Å². The van der Waals surface area contributed by atoms with Gasteiger partial charge in [-0.2, -0.15) is 5.26 Å². The highest BCUT2D eigenvalue weighted by atomic mass is 32.2. The highest BCUT2D eigenvalue weighted by Crippen LogP contribution is 2.40. The first-order valence-electron chi connectivity index (χ1n) is 11.8. The fourth-order valence-electron chi connectivity index (χ4n) is 4.87. The summed E-state index contributed by atoms with van der Waals surface area (Å²) in [6.07, 6.45) is 4.38. The number of nitriles is 1. The van der Waals surface area contributed by atoms with E-state index in [1.54, 1.807) is 18.5 Å². The molecule has 0 spiro atoms. The van der Waals surface area contributed by atoms with E-state index in [1.807, 2.05) is 18.2 Å². The fourth-order valence-corrected chi connectivity index (χ4v) is 5.42. The van der Waals surface area contributed by atoms with Gasteiger partial charge in [0.1, 0.15) is 11.8 Å². The summed E-state index contributed by atoms with van der Waals surface area (Å²) in [7, 11) is 0.0428. The number of hydrogen-bond acceptors (Lipinski definition) is 8. The molecule has 1 N–H and O–H groups in total. The normalized spacial score (nSPS) is 18.9. The molecule has 0 aliphatic carbocycles. The van der Waals surface area contributed by atoms with Crippen LogP contribution in [0.2, 0.25) is 0 Å². The smallest absolute Gasteiger partial charge is 0.238 e. The number of nitrogens with one attached hydrogen (secondary N) is 1. The van der Waals surface area contributed by atoms with Crippen LogP contribution in [0.3, 0.4) is 0 Å². The maximum absolute atomic E-state index is 11.9. The fraction of sp³-hybridized carbons (Fsp3) is 0.423. The molecule has 1 aliphatic heterocycles. The summed E-state index contributed by atoms with van der Waals surface area (Å²) in [6, 6.07) is 9.91. The Morgan fingerprint density at radius 1 is 1.17 bits per heavy atom. The maximum atomic E-state index is 11.9. The Bertz CT molecular complexity index is 1450. The Morgan fingerprint density at radius 2 is 1.92 bits per heavy atom. The minimum atomic E-state index is -3.53. The van der Waals surface area contributed by atoms with Gasteiger partial charge in [-0.3, -0.25) is 9.71 Å². The lowest BCUT2D eigenvalue weighted by molar-refractivity contribution is 0.164. The number of sulfonamides is 1. The Hall–Kier alpha value is -3.42. The Morgan fingerprint density at radius 3 is 2.56 bits per heavy atom. The van der Waals surface area contributed by atoms with Gasteiger partial charge in [-0.1, -0.05) is 19.9 Å². The molecule has 1 atom stereocenters. The van der Waals surface area contributed by atoms with Gasteiger partial charge in [-0.25, -0.2) is 13.4 Å². The average molecular weight is 509 g/mol. The van der Waals surface area contributed by atoms with Crippen molar-refractivity contribution in [3.05, 3.63) is 42.2 Å². The maximum Gasteiger partial charge on any atom is 0.238 e. The van der Waals surface area contributed by atoms with Gasteiger partial charge in [-0.05, 0) is 43.7 Å². The number of rotatable bonds is 6. The Kier molecular flexibility index (Phi) is 6.82. The van der Waals surface area contributed by atoms with Crippen LogP contribution >= 0.6 is 0 Å². The highest BCUT2D eigenvalue weighted by Gasteiger charge is 2.41. The Balaban J connectivity index is 1.91. The summed E-state index contributed by atoms with van der Waals surface area (Å²) in [5.41, 5.74) is 3.81. The number of pyridine rings is 2. The van der Waals surface area contributed by atoms with Crippen molar-refractivity contribution in [2.45, 2.75) is 26.3 Å². The molecule has 0 bridgehead atoms. The van der Waals surface area contributed by atoms with Crippen LogP contribution in [0.25, 0.3) is 22.0 Å². The molecule has 1 aliphatic rings. The van der Waals surface area contributed by atoms with Crippen LogP contribution in [0, 0.1) is 17.2 Å². The van der Waals surface area contributed by atoms with Gasteiger partial charge in [0.25, 0.3) is 0 Å². The molecule has 0 radical (unpaired) electrons. The molecule has 3 aromatic rings. The van der Waals surface area contributed by atoms with Gasteiger partial charge in [0.15, 0.2) is 0 Å². The number of hydrogen-bond donors (Lipinski definition) is 1. The second-order valence-electron chi connectivity index (χ2n) is 9.92. The van der Waals surface area contributed by atoms with Crippen LogP contribution in [0.5, 0.6) is 5.88 Å². The van der Waals surface area contributed by atoms with Crippen LogP contribution < -0.4 is 14.4 Å². The van der Waals surface area contributed by atoms with Crippen molar-refractivity contribution in [1.82, 2.24) is 14.9 Å². The first kappa shape index (κ1) is 25.7. The molecule has 1 fully saturated rings. The third-order valence-electron chi connectivity index (χ3n) is 7.06. The van der Waals surface area contributed by atoms with Gasteiger partial charge in [0, 0.05) is 43.0 Å². The van der Waals surface area contributed by atoms with Gasteiger partial charge in [0.2, 0.25) is 15.9 Å². The number of anilines is 2. The molecule has 2 aromatic heterocycles. The van der Waals surface area contributed by atoms with Crippen LogP contribution in [-0.4, -0.2) is 68.9 Å². The van der Waals surface area contributed by atoms with Crippen molar-refractivity contribution in [2.24, 2.45) is 5.92 Å². The molecule has 3 heterocycles. The molecule has 1 saturated heterocycles. The minimum absolute atomic E-state index is 0.183. The van der Waals surface area contributed by atoms with E-state index in [-0.39, 0.29) is 17.1 Å². The third-order valence-corrected chi connectivity index (χ3v) is 7.65. The quantitative estimate of drug-likeness (QED) is 0.536. The van der Waals surface area contributed by atoms with E-state index in [1.165, 1.54) is 7.11 Å². The van der Waals surface area contributed by atoms with Gasteiger partial charge in [-0.15, -0.1) is 0 Å². The molecular formula is C26H32N6O3S. The molecule has 36 heavy (non-hydrogen) atoms. The topological polar surface area (TPSA) is 111 Å². The van der Waals surface area contributed by atoms with Crippen LogP contribution in [0.4, 0.5) is 11.4 Å². The third kappa shape index (κ3) is 4.81. The standard InChI is InChI=1S/C26H32N6O3S/c1-17(2)26(3)16-31(4)9-10-32(26)24-20(13-27)15-28-22-8-7-18(11-21(22)24)19-12-23(30-36(6,33)34)25(35-5)29-14-19/h7-8,11-12,14-15,17,30H,9-10,16H2,1-6H3. The number of piperazine rings is 1. The number of fused-ring (bicyclic) bond motifs is 1. The number of ether oxygens (including phenoxy) is 1. The molecular weight excluding hydrogens is 476 g/mol. The van der Waals surface area contributed by atoms with Gasteiger partial charge >= 0.3 is 0 Å². The van der Waals surface area contributed by atoms with E-state index < -0.39 is 10.0 Å². The summed E-state index contributed by atoms with van der Waals surface area (Å²) in [4.78, 5) is 13.6. The van der Waals surface area contributed by atoms with Crippen LogP contribution in [0.15, 0.2) is 36.7 Å². The van der Waals surface area contributed by atoms with Gasteiger partial charge in [0.05, 0.1) is 35.7 Å². The molecule has 9 nitrogen and oxygen atoms in total. The number of likely N-dealkylation sites (N-methyl/N-ethyl adjacent to an activating group) is 1. The lowest BCUT2D eigenvalue weighted by atomic mass is 9.83. The summed E-state index contributed by atoms with van der Waals surface area (Å²) >= 11 is 0. The number of methoxy groups -OCH3 is 1.